The van der Waals surface area contributed by atoms with E-state index in [1.807, 2.05) is 29.1 Å². The molecule has 2 N–H and O–H groups in total. The highest BCUT2D eigenvalue weighted by Gasteiger charge is 2.09. The lowest BCUT2D eigenvalue weighted by Crippen LogP contribution is -2.40. The van der Waals surface area contributed by atoms with Crippen molar-refractivity contribution in [2.24, 2.45) is 0 Å². The summed E-state index contributed by atoms with van der Waals surface area (Å²) in [5, 5.41) is 10.0. The Morgan fingerprint density at radius 1 is 1.12 bits per heavy atom. The number of carbonyl (C=O) groups is 1. The van der Waals surface area contributed by atoms with Crippen LogP contribution in [0.2, 0.25) is 0 Å². The lowest BCUT2D eigenvalue weighted by molar-refractivity contribution is 0.0375. The molecule has 26 heavy (non-hydrogen) atoms. The minimum atomic E-state index is -0.0971. The average Bonchev–Trinajstić information content (AvgIpc) is 3.21. The van der Waals surface area contributed by atoms with E-state index in [-0.39, 0.29) is 6.03 Å². The molecule has 1 aliphatic heterocycles. The van der Waals surface area contributed by atoms with Crippen molar-refractivity contribution < 1.29 is 9.53 Å². The molecule has 2 heterocycles. The number of rotatable bonds is 8. The molecule has 140 valence electrons. The van der Waals surface area contributed by atoms with Crippen molar-refractivity contribution in [3.8, 4) is 5.69 Å². The number of benzene rings is 1. The Balaban J connectivity index is 1.27. The summed E-state index contributed by atoms with van der Waals surface area (Å²) in [5.74, 6) is 0. The molecule has 7 nitrogen and oxygen atoms in total. The van der Waals surface area contributed by atoms with E-state index in [1.54, 1.807) is 6.20 Å². The molecule has 0 bridgehead atoms. The summed E-state index contributed by atoms with van der Waals surface area (Å²) in [6.45, 7) is 5.94. The highest BCUT2D eigenvalue weighted by Crippen LogP contribution is 2.08. The zero-order chi connectivity index (χ0) is 18.0. The van der Waals surface area contributed by atoms with Gasteiger partial charge in [0.25, 0.3) is 0 Å². The van der Waals surface area contributed by atoms with Crippen molar-refractivity contribution in [1.82, 2.24) is 25.3 Å². The summed E-state index contributed by atoms with van der Waals surface area (Å²) in [5.41, 5.74) is 2.22. The van der Waals surface area contributed by atoms with Gasteiger partial charge in [-0.15, -0.1) is 0 Å². The van der Waals surface area contributed by atoms with Gasteiger partial charge in [-0.2, -0.15) is 5.10 Å². The third-order valence-corrected chi connectivity index (χ3v) is 4.44. The maximum absolute atomic E-state index is 11.8. The van der Waals surface area contributed by atoms with Crippen LogP contribution in [-0.4, -0.2) is 66.6 Å². The van der Waals surface area contributed by atoms with Crippen LogP contribution >= 0.6 is 0 Å². The molecule has 3 rings (SSSR count). The van der Waals surface area contributed by atoms with Gasteiger partial charge < -0.3 is 15.4 Å². The quantitative estimate of drug-likeness (QED) is 0.701. The second-order valence-corrected chi connectivity index (χ2v) is 6.36. The van der Waals surface area contributed by atoms with Gasteiger partial charge in [0.15, 0.2) is 0 Å². The van der Waals surface area contributed by atoms with Gasteiger partial charge in [0, 0.05) is 38.6 Å². The Morgan fingerprint density at radius 3 is 2.62 bits per heavy atom. The highest BCUT2D eigenvalue weighted by atomic mass is 16.5. The smallest absolute Gasteiger partial charge is 0.314 e. The van der Waals surface area contributed by atoms with Crippen LogP contribution in [0.5, 0.6) is 0 Å². The standard InChI is InChI=1S/C19H27N5O2/c25-19(20-8-1-11-23-13-15-26-16-14-23)21-10-7-17-3-5-18(6-4-17)24-12-2-9-22-24/h2-6,9,12H,1,7-8,10-11,13-16H2,(H2,20,21,25). The summed E-state index contributed by atoms with van der Waals surface area (Å²) < 4.78 is 7.15. The molecule has 1 fully saturated rings. The first-order valence-corrected chi connectivity index (χ1v) is 9.22. The summed E-state index contributed by atoms with van der Waals surface area (Å²) >= 11 is 0. The monoisotopic (exact) mass is 357 g/mol. The molecular weight excluding hydrogens is 330 g/mol. The summed E-state index contributed by atoms with van der Waals surface area (Å²) in [7, 11) is 0. The largest absolute Gasteiger partial charge is 0.379 e. The van der Waals surface area contributed by atoms with Crippen LogP contribution < -0.4 is 10.6 Å². The van der Waals surface area contributed by atoms with E-state index in [9.17, 15) is 4.79 Å². The number of amides is 2. The summed E-state index contributed by atoms with van der Waals surface area (Å²) in [6.07, 6.45) is 5.44. The van der Waals surface area contributed by atoms with E-state index in [2.05, 4.69) is 32.8 Å². The van der Waals surface area contributed by atoms with Crippen LogP contribution in [0.15, 0.2) is 42.7 Å². The second-order valence-electron chi connectivity index (χ2n) is 6.36. The van der Waals surface area contributed by atoms with Gasteiger partial charge in [0.2, 0.25) is 0 Å². The van der Waals surface area contributed by atoms with Crippen LogP contribution in [0.4, 0.5) is 4.79 Å². The Kier molecular flexibility index (Phi) is 7.04. The van der Waals surface area contributed by atoms with Gasteiger partial charge in [-0.25, -0.2) is 9.48 Å². The van der Waals surface area contributed by atoms with Gasteiger partial charge in [-0.1, -0.05) is 12.1 Å². The van der Waals surface area contributed by atoms with Crippen molar-refractivity contribution in [2.45, 2.75) is 12.8 Å². The van der Waals surface area contributed by atoms with Crippen LogP contribution in [0.3, 0.4) is 0 Å². The van der Waals surface area contributed by atoms with Crippen molar-refractivity contribution in [2.75, 3.05) is 45.9 Å². The predicted octanol–water partition coefficient (Wildman–Crippen LogP) is 1.44. The Bertz CT molecular complexity index is 651. The van der Waals surface area contributed by atoms with Crippen LogP contribution in [0, 0.1) is 0 Å². The number of aromatic nitrogens is 2. The van der Waals surface area contributed by atoms with Gasteiger partial charge in [0.05, 0.1) is 18.9 Å². The zero-order valence-electron chi connectivity index (χ0n) is 15.1. The number of hydrogen-bond donors (Lipinski definition) is 2. The fourth-order valence-electron chi connectivity index (χ4n) is 2.95. The molecule has 7 heteroatoms. The number of hydrogen-bond acceptors (Lipinski definition) is 4. The number of carbonyl (C=O) groups excluding carboxylic acids is 1. The Morgan fingerprint density at radius 2 is 1.88 bits per heavy atom. The summed E-state index contributed by atoms with van der Waals surface area (Å²) in [4.78, 5) is 14.2. The topological polar surface area (TPSA) is 71.4 Å². The van der Waals surface area contributed by atoms with Crippen molar-refractivity contribution in [1.29, 1.82) is 0 Å². The fourth-order valence-corrected chi connectivity index (χ4v) is 2.95. The van der Waals surface area contributed by atoms with E-state index in [0.29, 0.717) is 13.1 Å². The molecule has 0 aliphatic carbocycles. The Labute approximate surface area is 154 Å². The molecule has 1 aromatic carbocycles. The molecular formula is C19H27N5O2. The third kappa shape index (κ3) is 5.86. The first-order chi connectivity index (χ1) is 12.8. The molecule has 1 aliphatic rings. The van der Waals surface area contributed by atoms with E-state index in [0.717, 1.165) is 51.4 Å². The van der Waals surface area contributed by atoms with E-state index in [4.69, 9.17) is 4.74 Å². The van der Waals surface area contributed by atoms with E-state index >= 15 is 0 Å². The average molecular weight is 357 g/mol. The first kappa shape index (κ1) is 18.4. The van der Waals surface area contributed by atoms with Crippen LogP contribution in [0.1, 0.15) is 12.0 Å². The minimum absolute atomic E-state index is 0.0971. The molecule has 0 spiro atoms. The lowest BCUT2D eigenvalue weighted by atomic mass is 10.1. The predicted molar refractivity (Wildman–Crippen MR) is 101 cm³/mol. The molecule has 2 aromatic rings. The second kappa shape index (κ2) is 9.94. The summed E-state index contributed by atoms with van der Waals surface area (Å²) in [6, 6.07) is 10.0. The maximum Gasteiger partial charge on any atom is 0.314 e. The molecule has 1 aromatic heterocycles. The molecule has 0 unspecified atom stereocenters. The molecule has 0 atom stereocenters. The molecule has 0 radical (unpaired) electrons. The molecule has 2 amide bonds. The molecule has 1 saturated heterocycles. The number of morpholine rings is 1. The SMILES string of the molecule is O=C(NCCCN1CCOCC1)NCCc1ccc(-n2cccn2)cc1. The van der Waals surface area contributed by atoms with Gasteiger partial charge in [-0.05, 0) is 43.1 Å². The maximum atomic E-state index is 11.8. The van der Waals surface area contributed by atoms with E-state index in [1.165, 1.54) is 5.56 Å². The highest BCUT2D eigenvalue weighted by molar-refractivity contribution is 5.73. The van der Waals surface area contributed by atoms with Crippen molar-refractivity contribution in [3.05, 3.63) is 48.3 Å². The number of nitrogens with zero attached hydrogens (tertiary/aromatic N) is 3. The van der Waals surface area contributed by atoms with Gasteiger partial charge >= 0.3 is 6.03 Å². The number of ether oxygens (including phenoxy) is 1. The van der Waals surface area contributed by atoms with Gasteiger partial charge in [-0.3, -0.25) is 4.90 Å². The number of urea groups is 1. The molecule has 0 saturated carbocycles. The minimum Gasteiger partial charge on any atom is -0.379 e. The first-order valence-electron chi connectivity index (χ1n) is 9.22. The van der Waals surface area contributed by atoms with Crippen LogP contribution in [-0.2, 0) is 11.2 Å². The number of nitrogens with one attached hydrogen (secondary N) is 2. The van der Waals surface area contributed by atoms with Gasteiger partial charge in [0.1, 0.15) is 0 Å². The zero-order valence-corrected chi connectivity index (χ0v) is 15.1. The van der Waals surface area contributed by atoms with Crippen molar-refractivity contribution in [3.63, 3.8) is 0 Å². The fraction of sp³-hybridized carbons (Fsp3) is 0.474. The third-order valence-electron chi connectivity index (χ3n) is 4.44. The normalized spacial score (nSPS) is 14.9. The lowest BCUT2D eigenvalue weighted by Gasteiger charge is -2.26. The van der Waals surface area contributed by atoms with Crippen molar-refractivity contribution >= 4 is 6.03 Å². The Hall–Kier alpha value is -2.38. The van der Waals surface area contributed by atoms with E-state index < -0.39 is 0 Å². The van der Waals surface area contributed by atoms with Crippen LogP contribution in [0.25, 0.3) is 5.69 Å².